The van der Waals surface area contributed by atoms with Gasteiger partial charge in [-0.3, -0.25) is 4.79 Å². The Balaban J connectivity index is 2.24. The number of hydrogen-bond acceptors (Lipinski definition) is 2. The highest BCUT2D eigenvalue weighted by Gasteiger charge is 2.24. The zero-order chi connectivity index (χ0) is 8.55. The minimum Gasteiger partial charge on any atom is -0.302 e. The second-order valence-electron chi connectivity index (χ2n) is 3.85. The van der Waals surface area contributed by atoms with Gasteiger partial charge in [0.05, 0.1) is 0 Å². The van der Waals surface area contributed by atoms with Gasteiger partial charge in [0, 0.05) is 19.5 Å². The molecule has 0 spiro atoms. The van der Waals surface area contributed by atoms with Crippen molar-refractivity contribution in [1.82, 2.24) is 4.90 Å². The number of carbonyl (C=O) groups is 1. The van der Waals surface area contributed by atoms with Gasteiger partial charge in [0.15, 0.2) is 5.78 Å². The minimum absolute atomic E-state index is 0.421. The Morgan fingerprint density at radius 3 is 2.92 bits per heavy atom. The van der Waals surface area contributed by atoms with Crippen LogP contribution in [0.25, 0.3) is 0 Å². The predicted molar refractivity (Wildman–Crippen MR) is 48.0 cm³/mol. The molecule has 0 unspecified atom stereocenters. The summed E-state index contributed by atoms with van der Waals surface area (Å²) in [5.41, 5.74) is 2.58. The molecule has 1 aliphatic heterocycles. The molecule has 1 heterocycles. The van der Waals surface area contributed by atoms with Crippen LogP contribution in [0.4, 0.5) is 0 Å². The predicted octanol–water partition coefficient (Wildman–Crippen LogP) is 1.37. The Morgan fingerprint density at radius 1 is 1.25 bits per heavy atom. The number of nitrogens with zero attached hydrogens (tertiary/aromatic N) is 1. The molecule has 12 heavy (non-hydrogen) atoms. The summed E-state index contributed by atoms with van der Waals surface area (Å²) in [7, 11) is 2.13. The van der Waals surface area contributed by atoms with E-state index >= 15 is 0 Å². The number of ketones is 1. The van der Waals surface area contributed by atoms with Crippen molar-refractivity contribution in [2.45, 2.75) is 25.7 Å². The molecule has 0 N–H and O–H groups in total. The summed E-state index contributed by atoms with van der Waals surface area (Å²) in [6, 6.07) is 0. The molecule has 0 aromatic carbocycles. The van der Waals surface area contributed by atoms with E-state index in [4.69, 9.17) is 0 Å². The van der Waals surface area contributed by atoms with Crippen molar-refractivity contribution in [3.8, 4) is 0 Å². The van der Waals surface area contributed by atoms with Gasteiger partial charge in [0.2, 0.25) is 0 Å². The topological polar surface area (TPSA) is 20.3 Å². The van der Waals surface area contributed by atoms with Crippen molar-refractivity contribution >= 4 is 5.78 Å². The SMILES string of the molecule is CN1CCC2=C(CCCC2=O)C1. The second-order valence-corrected chi connectivity index (χ2v) is 3.85. The van der Waals surface area contributed by atoms with Gasteiger partial charge in [0.1, 0.15) is 0 Å². The van der Waals surface area contributed by atoms with Gasteiger partial charge >= 0.3 is 0 Å². The van der Waals surface area contributed by atoms with Gasteiger partial charge in [-0.1, -0.05) is 0 Å². The fraction of sp³-hybridized carbons (Fsp3) is 0.700. The summed E-state index contributed by atoms with van der Waals surface area (Å²) in [6.45, 7) is 2.09. The molecule has 66 valence electrons. The Labute approximate surface area is 73.2 Å². The third kappa shape index (κ3) is 1.31. The summed E-state index contributed by atoms with van der Waals surface area (Å²) in [4.78, 5) is 13.8. The van der Waals surface area contributed by atoms with Crippen molar-refractivity contribution in [2.24, 2.45) is 0 Å². The number of rotatable bonds is 0. The van der Waals surface area contributed by atoms with Crippen molar-refractivity contribution < 1.29 is 4.79 Å². The maximum atomic E-state index is 11.5. The van der Waals surface area contributed by atoms with Gasteiger partial charge < -0.3 is 4.90 Å². The zero-order valence-electron chi connectivity index (χ0n) is 7.60. The van der Waals surface area contributed by atoms with Crippen LogP contribution in [-0.4, -0.2) is 30.8 Å². The van der Waals surface area contributed by atoms with Crippen LogP contribution >= 0.6 is 0 Å². The molecular formula is C10H15NO. The molecule has 0 saturated carbocycles. The van der Waals surface area contributed by atoms with E-state index < -0.39 is 0 Å². The highest BCUT2D eigenvalue weighted by Crippen LogP contribution is 2.27. The molecule has 0 atom stereocenters. The fourth-order valence-electron chi connectivity index (χ4n) is 2.16. The highest BCUT2D eigenvalue weighted by atomic mass is 16.1. The molecule has 0 amide bonds. The number of hydrogen-bond donors (Lipinski definition) is 0. The molecule has 0 fully saturated rings. The third-order valence-corrected chi connectivity index (χ3v) is 2.85. The van der Waals surface area contributed by atoms with E-state index in [0.717, 1.165) is 38.8 Å². The normalized spacial score (nSPS) is 25.9. The van der Waals surface area contributed by atoms with E-state index in [0.29, 0.717) is 5.78 Å². The van der Waals surface area contributed by atoms with Gasteiger partial charge in [0.25, 0.3) is 0 Å². The molecule has 0 saturated heterocycles. The fourth-order valence-corrected chi connectivity index (χ4v) is 2.16. The van der Waals surface area contributed by atoms with E-state index in [1.54, 1.807) is 0 Å². The van der Waals surface area contributed by atoms with Gasteiger partial charge in [-0.2, -0.15) is 0 Å². The van der Waals surface area contributed by atoms with Crippen molar-refractivity contribution in [3.05, 3.63) is 11.1 Å². The van der Waals surface area contributed by atoms with E-state index in [2.05, 4.69) is 11.9 Å². The Kier molecular flexibility index (Phi) is 2.01. The van der Waals surface area contributed by atoms with Crippen molar-refractivity contribution in [2.75, 3.05) is 20.1 Å². The average Bonchev–Trinajstić information content (AvgIpc) is 2.04. The Morgan fingerprint density at radius 2 is 2.08 bits per heavy atom. The average molecular weight is 165 g/mol. The molecule has 0 aromatic heterocycles. The standard InChI is InChI=1S/C10H15NO/c1-11-6-5-9-8(7-11)3-2-4-10(9)12/h2-7H2,1H3. The lowest BCUT2D eigenvalue weighted by molar-refractivity contribution is -0.116. The molecule has 2 heteroatoms. The van der Waals surface area contributed by atoms with Crippen LogP contribution in [0, 0.1) is 0 Å². The van der Waals surface area contributed by atoms with Crippen LogP contribution < -0.4 is 0 Å². The lowest BCUT2D eigenvalue weighted by Gasteiger charge is -2.29. The van der Waals surface area contributed by atoms with E-state index in [-0.39, 0.29) is 0 Å². The highest BCUT2D eigenvalue weighted by molar-refractivity contribution is 5.97. The monoisotopic (exact) mass is 165 g/mol. The van der Waals surface area contributed by atoms with Crippen LogP contribution in [0.1, 0.15) is 25.7 Å². The molecular weight excluding hydrogens is 150 g/mol. The van der Waals surface area contributed by atoms with E-state index in [1.807, 2.05) is 0 Å². The third-order valence-electron chi connectivity index (χ3n) is 2.85. The molecule has 2 rings (SSSR count). The first kappa shape index (κ1) is 7.99. The van der Waals surface area contributed by atoms with Crippen LogP contribution in [0.5, 0.6) is 0 Å². The summed E-state index contributed by atoms with van der Waals surface area (Å²) in [6.07, 6.45) is 4.02. The van der Waals surface area contributed by atoms with Gasteiger partial charge in [-0.25, -0.2) is 0 Å². The van der Waals surface area contributed by atoms with E-state index in [1.165, 1.54) is 11.1 Å². The Hall–Kier alpha value is -0.630. The molecule has 0 radical (unpaired) electrons. The second kappa shape index (κ2) is 3.02. The molecule has 2 nitrogen and oxygen atoms in total. The summed E-state index contributed by atoms with van der Waals surface area (Å²) in [5, 5.41) is 0. The summed E-state index contributed by atoms with van der Waals surface area (Å²) < 4.78 is 0. The molecule has 0 aromatic rings. The first-order valence-electron chi connectivity index (χ1n) is 4.70. The van der Waals surface area contributed by atoms with Crippen molar-refractivity contribution in [1.29, 1.82) is 0 Å². The molecule has 0 bridgehead atoms. The molecule has 2 aliphatic rings. The largest absolute Gasteiger partial charge is 0.302 e. The number of likely N-dealkylation sites (N-methyl/N-ethyl adjacent to an activating group) is 1. The van der Waals surface area contributed by atoms with E-state index in [9.17, 15) is 4.79 Å². The summed E-state index contributed by atoms with van der Waals surface area (Å²) in [5.74, 6) is 0.421. The lowest BCUT2D eigenvalue weighted by atomic mass is 9.86. The smallest absolute Gasteiger partial charge is 0.158 e. The van der Waals surface area contributed by atoms with Crippen LogP contribution in [0.3, 0.4) is 0 Å². The maximum Gasteiger partial charge on any atom is 0.158 e. The summed E-state index contributed by atoms with van der Waals surface area (Å²) >= 11 is 0. The van der Waals surface area contributed by atoms with Crippen LogP contribution in [0.15, 0.2) is 11.1 Å². The van der Waals surface area contributed by atoms with Crippen LogP contribution in [0.2, 0.25) is 0 Å². The number of carbonyl (C=O) groups excluding carboxylic acids is 1. The van der Waals surface area contributed by atoms with Crippen LogP contribution in [-0.2, 0) is 4.79 Å². The molecule has 1 aliphatic carbocycles. The van der Waals surface area contributed by atoms with Crippen molar-refractivity contribution in [3.63, 3.8) is 0 Å². The van der Waals surface area contributed by atoms with Gasteiger partial charge in [-0.05, 0) is 37.5 Å². The zero-order valence-corrected chi connectivity index (χ0v) is 7.60. The number of Topliss-reactive ketones (excluding diaryl/α,β-unsaturated/α-hetero) is 1. The Bertz CT molecular complexity index is 242. The quantitative estimate of drug-likeness (QED) is 0.540. The maximum absolute atomic E-state index is 11.5. The minimum atomic E-state index is 0.421. The first-order chi connectivity index (χ1) is 5.77. The van der Waals surface area contributed by atoms with Gasteiger partial charge in [-0.15, -0.1) is 0 Å². The first-order valence-corrected chi connectivity index (χ1v) is 4.70. The lowest BCUT2D eigenvalue weighted by Crippen LogP contribution is -2.31.